The van der Waals surface area contributed by atoms with Crippen molar-refractivity contribution in [1.82, 2.24) is 4.98 Å². The van der Waals surface area contributed by atoms with Gasteiger partial charge in [0.15, 0.2) is 6.61 Å². The molecule has 2 aromatic carbocycles. The molecule has 0 atom stereocenters. The summed E-state index contributed by atoms with van der Waals surface area (Å²) in [6.07, 6.45) is 0. The summed E-state index contributed by atoms with van der Waals surface area (Å²) < 4.78 is 12.2. The van der Waals surface area contributed by atoms with Crippen LogP contribution in [0.1, 0.15) is 17.1 Å². The zero-order chi connectivity index (χ0) is 17.6. The van der Waals surface area contributed by atoms with Crippen molar-refractivity contribution in [1.29, 1.82) is 5.26 Å². The normalized spacial score (nSPS) is 10.3. The minimum atomic E-state index is 0.138. The first kappa shape index (κ1) is 17.3. The molecule has 0 unspecified atom stereocenters. The number of oxazole rings is 1. The van der Waals surface area contributed by atoms with Crippen LogP contribution in [0.15, 0.2) is 57.4 Å². The third kappa shape index (κ3) is 4.75. The zero-order valence-electron chi connectivity index (χ0n) is 13.0. The van der Waals surface area contributed by atoms with E-state index in [2.05, 4.69) is 26.2 Å². The Labute approximate surface area is 158 Å². The number of benzene rings is 2. The number of anilines is 1. The Hall–Kier alpha value is -2.49. The standard InChI is InChI=1S/C18H13BrClN3O2/c19-13-3-7-15(8-4-13)24-11-17-23-16(9-21)18(25-17)22-10-12-1-5-14(20)6-2-12/h1-8,22H,10-11H2. The molecule has 3 aromatic rings. The number of hydrogen-bond acceptors (Lipinski definition) is 5. The fourth-order valence-electron chi connectivity index (χ4n) is 2.08. The van der Waals surface area contributed by atoms with Gasteiger partial charge in [0.25, 0.3) is 0 Å². The van der Waals surface area contributed by atoms with Gasteiger partial charge < -0.3 is 14.5 Å². The first-order chi connectivity index (χ1) is 12.1. The number of aromatic nitrogens is 1. The van der Waals surface area contributed by atoms with Gasteiger partial charge in [-0.3, -0.25) is 0 Å². The first-order valence-corrected chi connectivity index (χ1v) is 8.57. The molecule has 0 amide bonds. The van der Waals surface area contributed by atoms with Crippen LogP contribution in [0.2, 0.25) is 5.02 Å². The summed E-state index contributed by atoms with van der Waals surface area (Å²) in [5.74, 6) is 1.35. The van der Waals surface area contributed by atoms with Crippen LogP contribution in [0.25, 0.3) is 0 Å². The Balaban J connectivity index is 1.63. The van der Waals surface area contributed by atoms with Crippen molar-refractivity contribution in [3.8, 4) is 11.8 Å². The van der Waals surface area contributed by atoms with E-state index < -0.39 is 0 Å². The third-order valence-corrected chi connectivity index (χ3v) is 4.10. The number of nitriles is 1. The quantitative estimate of drug-likeness (QED) is 0.599. The predicted molar refractivity (Wildman–Crippen MR) is 98.5 cm³/mol. The van der Waals surface area contributed by atoms with Gasteiger partial charge in [0.2, 0.25) is 17.5 Å². The number of halogens is 2. The van der Waals surface area contributed by atoms with Gasteiger partial charge in [0.1, 0.15) is 11.8 Å². The second-order valence-corrected chi connectivity index (χ2v) is 6.47. The summed E-state index contributed by atoms with van der Waals surface area (Å²) in [6, 6.07) is 16.8. The second-order valence-electron chi connectivity index (χ2n) is 5.12. The summed E-state index contributed by atoms with van der Waals surface area (Å²) in [4.78, 5) is 4.14. The molecule has 0 aliphatic rings. The Kier molecular flexibility index (Phi) is 5.59. The van der Waals surface area contributed by atoms with E-state index in [1.54, 1.807) is 0 Å². The third-order valence-electron chi connectivity index (χ3n) is 3.32. The van der Waals surface area contributed by atoms with Gasteiger partial charge in [-0.15, -0.1) is 0 Å². The molecule has 1 N–H and O–H groups in total. The number of ether oxygens (including phenoxy) is 1. The van der Waals surface area contributed by atoms with Gasteiger partial charge in [-0.05, 0) is 42.0 Å². The van der Waals surface area contributed by atoms with Crippen LogP contribution in [0, 0.1) is 11.3 Å². The molecule has 3 rings (SSSR count). The summed E-state index contributed by atoms with van der Waals surface area (Å²) in [5, 5.41) is 12.9. The molecule has 1 heterocycles. The fraction of sp³-hybridized carbons (Fsp3) is 0.111. The smallest absolute Gasteiger partial charge is 0.236 e. The Bertz CT molecular complexity index is 886. The molecule has 0 spiro atoms. The van der Waals surface area contributed by atoms with Gasteiger partial charge in [-0.25, -0.2) is 0 Å². The number of rotatable bonds is 6. The van der Waals surface area contributed by atoms with Gasteiger partial charge in [-0.2, -0.15) is 10.2 Å². The van der Waals surface area contributed by atoms with Crippen molar-refractivity contribution in [3.05, 3.63) is 75.2 Å². The molecule has 0 saturated heterocycles. The van der Waals surface area contributed by atoms with Crippen LogP contribution in [0.3, 0.4) is 0 Å². The monoisotopic (exact) mass is 417 g/mol. The van der Waals surface area contributed by atoms with Crippen molar-refractivity contribution in [3.63, 3.8) is 0 Å². The number of nitrogens with one attached hydrogen (secondary N) is 1. The molecular weight excluding hydrogens is 406 g/mol. The molecule has 25 heavy (non-hydrogen) atoms. The van der Waals surface area contributed by atoms with Crippen LogP contribution < -0.4 is 10.1 Å². The molecular formula is C18H13BrClN3O2. The maximum atomic E-state index is 9.21. The number of nitrogens with zero attached hydrogens (tertiary/aromatic N) is 2. The first-order valence-electron chi connectivity index (χ1n) is 7.40. The van der Waals surface area contributed by atoms with Crippen LogP contribution in [-0.2, 0) is 13.2 Å². The lowest BCUT2D eigenvalue weighted by Crippen LogP contribution is -1.99. The van der Waals surface area contributed by atoms with E-state index in [1.807, 2.05) is 54.6 Å². The summed E-state index contributed by atoms with van der Waals surface area (Å²) in [7, 11) is 0. The molecule has 7 heteroatoms. The second kappa shape index (κ2) is 8.06. The van der Waals surface area contributed by atoms with E-state index in [-0.39, 0.29) is 12.3 Å². The Morgan fingerprint density at radius 3 is 2.56 bits per heavy atom. The topological polar surface area (TPSA) is 71.1 Å². The molecule has 0 fully saturated rings. The highest BCUT2D eigenvalue weighted by Crippen LogP contribution is 2.21. The average molecular weight is 419 g/mol. The van der Waals surface area contributed by atoms with Crippen molar-refractivity contribution < 1.29 is 9.15 Å². The number of hydrogen-bond donors (Lipinski definition) is 1. The molecule has 0 radical (unpaired) electrons. The largest absolute Gasteiger partial charge is 0.484 e. The molecule has 0 bridgehead atoms. The van der Waals surface area contributed by atoms with E-state index in [0.717, 1.165) is 10.0 Å². The van der Waals surface area contributed by atoms with Crippen molar-refractivity contribution in [2.75, 3.05) is 5.32 Å². The minimum absolute atomic E-state index is 0.138. The van der Waals surface area contributed by atoms with E-state index in [9.17, 15) is 5.26 Å². The SMILES string of the molecule is N#Cc1nc(COc2ccc(Br)cc2)oc1NCc1ccc(Cl)cc1. The average Bonchev–Trinajstić information content (AvgIpc) is 3.03. The fourth-order valence-corrected chi connectivity index (χ4v) is 2.47. The van der Waals surface area contributed by atoms with Gasteiger partial charge >= 0.3 is 0 Å². The summed E-state index contributed by atoms with van der Waals surface area (Å²) >= 11 is 9.23. The van der Waals surface area contributed by atoms with E-state index in [1.165, 1.54) is 0 Å². The van der Waals surface area contributed by atoms with Crippen molar-refractivity contribution in [2.45, 2.75) is 13.2 Å². The minimum Gasteiger partial charge on any atom is -0.484 e. The molecule has 0 saturated carbocycles. The van der Waals surface area contributed by atoms with E-state index in [4.69, 9.17) is 20.8 Å². The van der Waals surface area contributed by atoms with Crippen molar-refractivity contribution >= 4 is 33.4 Å². The van der Waals surface area contributed by atoms with Crippen molar-refractivity contribution in [2.24, 2.45) is 0 Å². The molecule has 1 aromatic heterocycles. The lowest BCUT2D eigenvalue weighted by atomic mass is 10.2. The van der Waals surface area contributed by atoms with E-state index in [0.29, 0.717) is 29.1 Å². The van der Waals surface area contributed by atoms with Gasteiger partial charge in [-0.1, -0.05) is 39.7 Å². The van der Waals surface area contributed by atoms with Gasteiger partial charge in [0.05, 0.1) is 0 Å². The van der Waals surface area contributed by atoms with Crippen LogP contribution in [0.5, 0.6) is 5.75 Å². The Morgan fingerprint density at radius 2 is 1.88 bits per heavy atom. The zero-order valence-corrected chi connectivity index (χ0v) is 15.3. The van der Waals surface area contributed by atoms with Gasteiger partial charge in [0, 0.05) is 16.0 Å². The molecule has 5 nitrogen and oxygen atoms in total. The lowest BCUT2D eigenvalue weighted by Gasteiger charge is -2.04. The highest BCUT2D eigenvalue weighted by atomic mass is 79.9. The van der Waals surface area contributed by atoms with Crippen LogP contribution >= 0.6 is 27.5 Å². The summed E-state index contributed by atoms with van der Waals surface area (Å²) in [5.41, 5.74) is 1.21. The maximum Gasteiger partial charge on any atom is 0.236 e. The highest BCUT2D eigenvalue weighted by molar-refractivity contribution is 9.10. The molecule has 0 aliphatic heterocycles. The van der Waals surface area contributed by atoms with E-state index >= 15 is 0 Å². The van der Waals surface area contributed by atoms with Crippen LogP contribution in [0.4, 0.5) is 5.88 Å². The summed E-state index contributed by atoms with van der Waals surface area (Å²) in [6.45, 7) is 0.632. The lowest BCUT2D eigenvalue weighted by molar-refractivity contribution is 0.264. The highest BCUT2D eigenvalue weighted by Gasteiger charge is 2.13. The maximum absolute atomic E-state index is 9.21. The molecule has 126 valence electrons. The molecule has 0 aliphatic carbocycles. The Morgan fingerprint density at radius 1 is 1.16 bits per heavy atom. The van der Waals surface area contributed by atoms with Crippen LogP contribution in [-0.4, -0.2) is 4.98 Å². The predicted octanol–water partition coefficient (Wildman–Crippen LogP) is 5.15.